The lowest BCUT2D eigenvalue weighted by molar-refractivity contribution is 0.374. The summed E-state index contributed by atoms with van der Waals surface area (Å²) in [6.07, 6.45) is 0.873. The smallest absolute Gasteiger partial charge is 0.235 e. The molecule has 0 spiro atoms. The molecule has 1 fully saturated rings. The topological polar surface area (TPSA) is 68.1 Å². The highest BCUT2D eigenvalue weighted by Crippen LogP contribution is 2.32. The fourth-order valence-corrected chi connectivity index (χ4v) is 6.16. The average Bonchev–Trinajstić information content (AvgIpc) is 2.82. The second kappa shape index (κ2) is 5.18. The molecule has 1 saturated heterocycles. The third kappa shape index (κ3) is 2.25. The van der Waals surface area contributed by atoms with E-state index in [1.165, 1.54) is 8.99 Å². The van der Waals surface area contributed by atoms with Crippen molar-refractivity contribution in [2.75, 3.05) is 11.9 Å². The van der Waals surface area contributed by atoms with Crippen molar-refractivity contribution in [3.63, 3.8) is 0 Å². The molecule has 0 amide bonds. The van der Waals surface area contributed by atoms with Crippen LogP contribution in [0.4, 0.5) is 0 Å². The minimum atomic E-state index is -3.56. The molecule has 2 heterocycles. The van der Waals surface area contributed by atoms with Crippen molar-refractivity contribution in [3.05, 3.63) is 4.60 Å². The molecule has 2 unspecified atom stereocenters. The fourth-order valence-electron chi connectivity index (χ4n) is 2.21. The number of nitrogens with zero attached hydrogens (tertiary/aromatic N) is 4. The number of halogens is 2. The molecule has 2 rings (SSSR count). The third-order valence-corrected chi connectivity index (χ3v) is 6.76. The van der Waals surface area contributed by atoms with E-state index in [0.29, 0.717) is 17.8 Å². The van der Waals surface area contributed by atoms with Crippen molar-refractivity contribution in [1.82, 2.24) is 19.3 Å². The van der Waals surface area contributed by atoms with Crippen LogP contribution in [-0.4, -0.2) is 45.6 Å². The van der Waals surface area contributed by atoms with E-state index in [1.54, 1.807) is 7.05 Å². The van der Waals surface area contributed by atoms with E-state index in [1.807, 2.05) is 0 Å². The zero-order chi connectivity index (χ0) is 13.5. The van der Waals surface area contributed by atoms with Crippen LogP contribution in [0, 0.1) is 5.92 Å². The first-order chi connectivity index (χ1) is 8.39. The van der Waals surface area contributed by atoms with Crippen molar-refractivity contribution in [2.24, 2.45) is 13.0 Å². The molecular formula is C9H14Br2N4O2S. The number of rotatable bonds is 3. The van der Waals surface area contributed by atoms with Crippen LogP contribution in [0.1, 0.15) is 13.3 Å². The summed E-state index contributed by atoms with van der Waals surface area (Å²) >= 11 is 6.54. The zero-order valence-corrected chi connectivity index (χ0v) is 14.0. The zero-order valence-electron chi connectivity index (χ0n) is 10.0. The van der Waals surface area contributed by atoms with E-state index in [0.717, 1.165) is 6.42 Å². The number of aromatic nitrogens is 3. The molecule has 2 atom stereocenters. The molecule has 6 nitrogen and oxygen atoms in total. The van der Waals surface area contributed by atoms with Gasteiger partial charge >= 0.3 is 0 Å². The second-order valence-electron chi connectivity index (χ2n) is 4.41. The summed E-state index contributed by atoms with van der Waals surface area (Å²) in [4.78, 5) is 0. The van der Waals surface area contributed by atoms with Gasteiger partial charge in [0.05, 0.1) is 0 Å². The Morgan fingerprint density at radius 2 is 2.17 bits per heavy atom. The van der Waals surface area contributed by atoms with Crippen LogP contribution in [-0.2, 0) is 17.1 Å². The molecule has 1 aliphatic rings. The lowest BCUT2D eigenvalue weighted by Crippen LogP contribution is -2.39. The van der Waals surface area contributed by atoms with Crippen molar-refractivity contribution in [3.8, 4) is 0 Å². The van der Waals surface area contributed by atoms with E-state index in [9.17, 15) is 8.42 Å². The highest BCUT2D eigenvalue weighted by atomic mass is 79.9. The molecule has 9 heteroatoms. The summed E-state index contributed by atoms with van der Waals surface area (Å²) in [7, 11) is -1.98. The van der Waals surface area contributed by atoms with E-state index in [2.05, 4.69) is 49.1 Å². The highest BCUT2D eigenvalue weighted by Gasteiger charge is 2.41. The Morgan fingerprint density at radius 3 is 2.67 bits per heavy atom. The maximum absolute atomic E-state index is 12.6. The van der Waals surface area contributed by atoms with Crippen LogP contribution < -0.4 is 0 Å². The minimum Gasteiger partial charge on any atom is -0.235 e. The Labute approximate surface area is 123 Å². The maximum Gasteiger partial charge on any atom is 0.263 e. The van der Waals surface area contributed by atoms with Gasteiger partial charge in [-0.25, -0.2) is 13.1 Å². The lowest BCUT2D eigenvalue weighted by Gasteiger charge is -2.24. The highest BCUT2D eigenvalue weighted by molar-refractivity contribution is 9.10. The molecule has 0 N–H and O–H groups in total. The predicted octanol–water partition coefficient (Wildman–Crippen LogP) is 1.37. The number of hydrogen-bond donors (Lipinski definition) is 0. The molecule has 0 saturated carbocycles. The summed E-state index contributed by atoms with van der Waals surface area (Å²) in [6, 6.07) is -0.0169. The summed E-state index contributed by atoms with van der Waals surface area (Å²) in [5.74, 6) is 0.346. The predicted molar refractivity (Wildman–Crippen MR) is 74.0 cm³/mol. The lowest BCUT2D eigenvalue weighted by atomic mass is 10.1. The molecule has 1 aromatic heterocycles. The van der Waals surface area contributed by atoms with Crippen LogP contribution >= 0.6 is 31.9 Å². The van der Waals surface area contributed by atoms with Gasteiger partial charge in [-0.2, -0.15) is 4.31 Å². The first kappa shape index (κ1) is 14.4. The average molecular weight is 402 g/mol. The normalized spacial score (nSPS) is 25.8. The van der Waals surface area contributed by atoms with Gasteiger partial charge in [-0.3, -0.25) is 0 Å². The van der Waals surface area contributed by atoms with Gasteiger partial charge in [-0.05, 0) is 28.3 Å². The van der Waals surface area contributed by atoms with E-state index >= 15 is 0 Å². The quantitative estimate of drug-likeness (QED) is 0.717. The van der Waals surface area contributed by atoms with Gasteiger partial charge in [0.1, 0.15) is 0 Å². The van der Waals surface area contributed by atoms with Gasteiger partial charge in [-0.1, -0.05) is 28.1 Å². The Morgan fingerprint density at radius 1 is 1.50 bits per heavy atom. The Kier molecular flexibility index (Phi) is 4.15. The summed E-state index contributed by atoms with van der Waals surface area (Å²) in [5, 5.41) is 8.21. The van der Waals surface area contributed by atoms with Gasteiger partial charge in [0.15, 0.2) is 4.60 Å². The molecule has 0 aromatic carbocycles. The van der Waals surface area contributed by atoms with E-state index in [-0.39, 0.29) is 15.7 Å². The molecule has 0 aliphatic carbocycles. The van der Waals surface area contributed by atoms with E-state index < -0.39 is 10.0 Å². The molecular weight excluding hydrogens is 388 g/mol. The van der Waals surface area contributed by atoms with Gasteiger partial charge in [-0.15, -0.1) is 5.10 Å². The molecule has 0 bridgehead atoms. The molecule has 18 heavy (non-hydrogen) atoms. The summed E-state index contributed by atoms with van der Waals surface area (Å²) in [5.41, 5.74) is 0. The molecule has 102 valence electrons. The first-order valence-corrected chi connectivity index (χ1v) is 8.88. The number of alkyl halides is 1. The Balaban J connectivity index is 2.44. The van der Waals surface area contributed by atoms with Gasteiger partial charge < -0.3 is 0 Å². The van der Waals surface area contributed by atoms with Crippen LogP contribution in [0.25, 0.3) is 0 Å². The summed E-state index contributed by atoms with van der Waals surface area (Å²) in [6.45, 7) is 2.61. The standard InChI is InChI=1S/C9H14Br2N4O2S/c1-6-3-4-15(7(6)5-10)18(16,17)9-8(11)12-13-14(9)2/h6-7H,3-5H2,1-2H3. The SMILES string of the molecule is CC1CCN(S(=O)(=O)c2c(Br)nnn2C)C1CBr. The minimum absolute atomic E-state index is 0.0169. The van der Waals surface area contributed by atoms with Crippen molar-refractivity contribution in [2.45, 2.75) is 24.4 Å². The van der Waals surface area contributed by atoms with Gasteiger partial charge in [0, 0.05) is 25.0 Å². The number of aryl methyl sites for hydroxylation is 1. The van der Waals surface area contributed by atoms with Gasteiger partial charge in [0.2, 0.25) is 5.03 Å². The molecule has 0 radical (unpaired) electrons. The van der Waals surface area contributed by atoms with Crippen molar-refractivity contribution in [1.29, 1.82) is 0 Å². The number of hydrogen-bond acceptors (Lipinski definition) is 4. The third-order valence-electron chi connectivity index (χ3n) is 3.28. The molecule has 1 aliphatic heterocycles. The van der Waals surface area contributed by atoms with Gasteiger partial charge in [0.25, 0.3) is 10.0 Å². The Bertz CT molecular complexity index is 525. The van der Waals surface area contributed by atoms with Crippen LogP contribution in [0.3, 0.4) is 0 Å². The Hall–Kier alpha value is 0.01000. The van der Waals surface area contributed by atoms with Crippen LogP contribution in [0.5, 0.6) is 0 Å². The fraction of sp³-hybridized carbons (Fsp3) is 0.778. The largest absolute Gasteiger partial charge is 0.263 e. The molecule has 1 aromatic rings. The second-order valence-corrected chi connectivity index (χ2v) is 7.62. The van der Waals surface area contributed by atoms with Crippen LogP contribution in [0.2, 0.25) is 0 Å². The van der Waals surface area contributed by atoms with Crippen LogP contribution in [0.15, 0.2) is 9.63 Å². The number of sulfonamides is 1. The first-order valence-electron chi connectivity index (χ1n) is 5.52. The summed E-state index contributed by atoms with van der Waals surface area (Å²) < 4.78 is 28.3. The van der Waals surface area contributed by atoms with Crippen molar-refractivity contribution < 1.29 is 8.42 Å². The monoisotopic (exact) mass is 400 g/mol. The van der Waals surface area contributed by atoms with Crippen molar-refractivity contribution >= 4 is 41.9 Å². The van der Waals surface area contributed by atoms with E-state index in [4.69, 9.17) is 0 Å². The maximum atomic E-state index is 12.6.